The summed E-state index contributed by atoms with van der Waals surface area (Å²) >= 11 is 1.39. The van der Waals surface area contributed by atoms with Gasteiger partial charge in [0, 0.05) is 13.6 Å². The molecule has 2 N–H and O–H groups in total. The van der Waals surface area contributed by atoms with Gasteiger partial charge >= 0.3 is 6.09 Å². The third-order valence-electron chi connectivity index (χ3n) is 2.48. The van der Waals surface area contributed by atoms with Gasteiger partial charge < -0.3 is 15.4 Å². The summed E-state index contributed by atoms with van der Waals surface area (Å²) in [4.78, 5) is 17.7. The first-order valence-electron chi connectivity index (χ1n) is 6.62. The average Bonchev–Trinajstić information content (AvgIpc) is 2.37. The first kappa shape index (κ1) is 17.4. The van der Waals surface area contributed by atoms with Crippen molar-refractivity contribution in [3.63, 3.8) is 0 Å². The summed E-state index contributed by atoms with van der Waals surface area (Å²) in [7, 11) is 1.71. The molecule has 0 atom stereocenters. The largest absolute Gasteiger partial charge is 0.444 e. The van der Waals surface area contributed by atoms with E-state index in [1.165, 1.54) is 16.7 Å². The van der Waals surface area contributed by atoms with Crippen molar-refractivity contribution in [2.45, 2.75) is 32.9 Å². The van der Waals surface area contributed by atoms with Crippen molar-refractivity contribution in [3.8, 4) is 0 Å². The van der Waals surface area contributed by atoms with Gasteiger partial charge in [0.05, 0.1) is 5.69 Å². The number of aliphatic imine (C=N–C) groups is 1. The molecular weight excluding hydrogens is 286 g/mol. The van der Waals surface area contributed by atoms with Crippen LogP contribution < -0.4 is 5.73 Å². The van der Waals surface area contributed by atoms with Crippen LogP contribution in [-0.4, -0.2) is 35.1 Å². The molecule has 0 saturated heterocycles. The van der Waals surface area contributed by atoms with Crippen molar-refractivity contribution < 1.29 is 9.53 Å². The summed E-state index contributed by atoms with van der Waals surface area (Å²) in [6, 6.07) is 7.61. The number of hydrogen-bond acceptors (Lipinski definition) is 4. The molecule has 0 bridgehead atoms. The lowest BCUT2D eigenvalue weighted by atomic mass is 10.2. The van der Waals surface area contributed by atoms with Crippen LogP contribution in [0.3, 0.4) is 0 Å². The Morgan fingerprint density at radius 3 is 2.67 bits per heavy atom. The van der Waals surface area contributed by atoms with Crippen molar-refractivity contribution in [3.05, 3.63) is 29.8 Å². The Balaban J connectivity index is 2.75. The normalized spacial score (nSPS) is 12.1. The van der Waals surface area contributed by atoms with Crippen LogP contribution >= 0.6 is 11.8 Å². The fourth-order valence-corrected chi connectivity index (χ4v) is 1.77. The summed E-state index contributed by atoms with van der Waals surface area (Å²) in [6.45, 7) is 6.00. The average molecular weight is 309 g/mol. The van der Waals surface area contributed by atoms with Gasteiger partial charge in [-0.05, 0) is 44.7 Å². The first-order chi connectivity index (χ1) is 9.71. The Morgan fingerprint density at radius 2 is 2.10 bits per heavy atom. The minimum Gasteiger partial charge on any atom is -0.444 e. The van der Waals surface area contributed by atoms with Gasteiger partial charge in [0.25, 0.3) is 0 Å². The van der Waals surface area contributed by atoms with Crippen molar-refractivity contribution in [2.75, 3.05) is 13.3 Å². The van der Waals surface area contributed by atoms with E-state index < -0.39 is 5.60 Å². The smallest absolute Gasteiger partial charge is 0.410 e. The van der Waals surface area contributed by atoms with Crippen LogP contribution in [0.5, 0.6) is 0 Å². The molecule has 0 heterocycles. The van der Waals surface area contributed by atoms with E-state index in [1.54, 1.807) is 7.05 Å². The van der Waals surface area contributed by atoms with E-state index in [-0.39, 0.29) is 6.09 Å². The molecule has 116 valence electrons. The number of nitrogens with zero attached hydrogens (tertiary/aromatic N) is 2. The van der Waals surface area contributed by atoms with Crippen molar-refractivity contribution >= 4 is 28.7 Å². The molecule has 6 heteroatoms. The van der Waals surface area contributed by atoms with Gasteiger partial charge in [-0.2, -0.15) is 0 Å². The molecule has 0 unspecified atom stereocenters. The maximum absolute atomic E-state index is 11.9. The summed E-state index contributed by atoms with van der Waals surface area (Å²) < 4.78 is 5.32. The van der Waals surface area contributed by atoms with Crippen molar-refractivity contribution in [2.24, 2.45) is 10.7 Å². The number of thioether (sulfide) groups is 1. The molecule has 0 aliphatic heterocycles. The quantitative estimate of drug-likeness (QED) is 0.686. The molecule has 0 fully saturated rings. The zero-order valence-electron chi connectivity index (χ0n) is 13.2. The standard InChI is InChI=1S/C15H23N3O2S/c1-15(2,3)20-14(19)18(4)10-11-7-6-8-12(9-11)17-13(16)21-5/h6-9H,10H2,1-5H3,(H2,16,17). The fourth-order valence-electron chi connectivity index (χ4n) is 1.58. The predicted octanol–water partition coefficient (Wildman–Crippen LogP) is 3.36. The zero-order valence-corrected chi connectivity index (χ0v) is 14.0. The van der Waals surface area contributed by atoms with Crippen LogP contribution in [0.2, 0.25) is 0 Å². The highest BCUT2D eigenvalue weighted by molar-refractivity contribution is 8.13. The van der Waals surface area contributed by atoms with E-state index in [9.17, 15) is 4.79 Å². The van der Waals surface area contributed by atoms with Gasteiger partial charge in [-0.15, -0.1) is 0 Å². The molecule has 0 saturated carbocycles. The monoisotopic (exact) mass is 309 g/mol. The van der Waals surface area contributed by atoms with Gasteiger partial charge in [-0.25, -0.2) is 9.79 Å². The van der Waals surface area contributed by atoms with E-state index in [0.29, 0.717) is 11.7 Å². The molecule has 0 radical (unpaired) electrons. The molecule has 1 aromatic rings. The number of rotatable bonds is 3. The summed E-state index contributed by atoms with van der Waals surface area (Å²) in [6.07, 6.45) is 1.53. The third kappa shape index (κ3) is 6.53. The third-order valence-corrected chi connectivity index (χ3v) is 2.99. The molecule has 5 nitrogen and oxygen atoms in total. The molecule has 0 spiro atoms. The highest BCUT2D eigenvalue weighted by Gasteiger charge is 2.19. The molecule has 21 heavy (non-hydrogen) atoms. The Labute approximate surface area is 130 Å². The summed E-state index contributed by atoms with van der Waals surface area (Å²) in [5.74, 6) is 0. The van der Waals surface area contributed by atoms with Gasteiger partial charge in [0.15, 0.2) is 5.17 Å². The van der Waals surface area contributed by atoms with E-state index in [4.69, 9.17) is 10.5 Å². The molecule has 1 aromatic carbocycles. The second-order valence-electron chi connectivity index (χ2n) is 5.66. The van der Waals surface area contributed by atoms with Crippen LogP contribution in [0.1, 0.15) is 26.3 Å². The van der Waals surface area contributed by atoms with Crippen LogP contribution in [0.15, 0.2) is 29.3 Å². The molecule has 0 aliphatic carbocycles. The van der Waals surface area contributed by atoms with Crippen LogP contribution in [0.25, 0.3) is 0 Å². The number of carbonyl (C=O) groups is 1. The van der Waals surface area contributed by atoms with Gasteiger partial charge in [0.1, 0.15) is 5.60 Å². The van der Waals surface area contributed by atoms with Gasteiger partial charge in [-0.3, -0.25) is 0 Å². The minimum atomic E-state index is -0.496. The van der Waals surface area contributed by atoms with E-state index in [0.717, 1.165) is 11.3 Å². The Morgan fingerprint density at radius 1 is 1.43 bits per heavy atom. The van der Waals surface area contributed by atoms with Crippen LogP contribution in [-0.2, 0) is 11.3 Å². The Bertz CT molecular complexity index is 524. The highest BCUT2D eigenvalue weighted by Crippen LogP contribution is 2.17. The predicted molar refractivity (Wildman–Crippen MR) is 88.9 cm³/mol. The van der Waals surface area contributed by atoms with E-state index in [1.807, 2.05) is 51.3 Å². The van der Waals surface area contributed by atoms with Crippen LogP contribution in [0, 0.1) is 0 Å². The number of hydrogen-bond donors (Lipinski definition) is 1. The van der Waals surface area contributed by atoms with Crippen molar-refractivity contribution in [1.82, 2.24) is 4.90 Å². The first-order valence-corrected chi connectivity index (χ1v) is 7.85. The lowest BCUT2D eigenvalue weighted by Crippen LogP contribution is -2.33. The number of amidine groups is 1. The molecule has 1 amide bonds. The SMILES string of the molecule is CSC(N)=Nc1cccc(CN(C)C(=O)OC(C)(C)C)c1. The van der Waals surface area contributed by atoms with E-state index >= 15 is 0 Å². The van der Waals surface area contributed by atoms with Crippen molar-refractivity contribution in [1.29, 1.82) is 0 Å². The number of carbonyl (C=O) groups excluding carboxylic acids is 1. The fraction of sp³-hybridized carbons (Fsp3) is 0.467. The second kappa shape index (κ2) is 7.36. The molecular formula is C15H23N3O2S. The lowest BCUT2D eigenvalue weighted by Gasteiger charge is -2.24. The minimum absolute atomic E-state index is 0.347. The number of nitrogens with two attached hydrogens (primary N) is 1. The highest BCUT2D eigenvalue weighted by atomic mass is 32.2. The summed E-state index contributed by atoms with van der Waals surface area (Å²) in [5.41, 5.74) is 6.95. The van der Waals surface area contributed by atoms with Gasteiger partial charge in [-0.1, -0.05) is 23.9 Å². The summed E-state index contributed by atoms with van der Waals surface area (Å²) in [5, 5.41) is 0.507. The van der Waals surface area contributed by atoms with Gasteiger partial charge in [0.2, 0.25) is 0 Å². The molecule has 1 rings (SSSR count). The zero-order chi connectivity index (χ0) is 16.0. The second-order valence-corrected chi connectivity index (χ2v) is 6.49. The van der Waals surface area contributed by atoms with Crippen LogP contribution in [0.4, 0.5) is 10.5 Å². The number of ether oxygens (including phenoxy) is 1. The molecule has 0 aliphatic rings. The Kier molecular flexibility index (Phi) is 6.08. The Hall–Kier alpha value is -1.69. The number of benzene rings is 1. The maximum Gasteiger partial charge on any atom is 0.410 e. The maximum atomic E-state index is 11.9. The van der Waals surface area contributed by atoms with E-state index in [2.05, 4.69) is 4.99 Å². The topological polar surface area (TPSA) is 67.9 Å². The lowest BCUT2D eigenvalue weighted by molar-refractivity contribution is 0.0285. The number of amides is 1. The molecule has 0 aromatic heterocycles.